The summed E-state index contributed by atoms with van der Waals surface area (Å²) in [6, 6.07) is 16.9. The molecule has 1 nitrogen and oxygen atoms in total. The van der Waals surface area contributed by atoms with Gasteiger partial charge in [0.2, 0.25) is 0 Å². The van der Waals surface area contributed by atoms with E-state index in [1.54, 1.807) is 18.2 Å². The van der Waals surface area contributed by atoms with E-state index in [4.69, 9.17) is 17.3 Å². The number of thiol groups is 1. The van der Waals surface area contributed by atoms with Crippen molar-refractivity contribution in [2.24, 2.45) is 0 Å². The molecule has 2 N–H and O–H groups in total. The van der Waals surface area contributed by atoms with E-state index in [0.29, 0.717) is 10.7 Å². The zero-order valence-electron chi connectivity index (χ0n) is 8.10. The summed E-state index contributed by atoms with van der Waals surface area (Å²) < 4.78 is 0. The molecule has 0 spiro atoms. The highest BCUT2D eigenvalue weighted by Crippen LogP contribution is 2.10. The molecule has 0 atom stereocenters. The predicted octanol–water partition coefficient (Wildman–Crippen LogP) is 3.90. The number of anilines is 1. The van der Waals surface area contributed by atoms with E-state index in [1.165, 1.54) is 0 Å². The molecule has 0 heterocycles. The third-order valence-electron chi connectivity index (χ3n) is 1.60. The second-order valence-electron chi connectivity index (χ2n) is 2.89. The molecular weight excluding hydrogens is 226 g/mol. The van der Waals surface area contributed by atoms with Crippen molar-refractivity contribution in [3.63, 3.8) is 0 Å². The van der Waals surface area contributed by atoms with Crippen molar-refractivity contribution in [3.8, 4) is 0 Å². The second-order valence-corrected chi connectivity index (χ2v) is 3.84. The van der Waals surface area contributed by atoms with Crippen LogP contribution in [0.25, 0.3) is 0 Å². The molecule has 2 rings (SSSR count). The van der Waals surface area contributed by atoms with Crippen LogP contribution in [0.1, 0.15) is 0 Å². The van der Waals surface area contributed by atoms with Gasteiger partial charge in [-0.1, -0.05) is 35.9 Å². The van der Waals surface area contributed by atoms with Crippen molar-refractivity contribution >= 4 is 29.9 Å². The molecule has 0 radical (unpaired) electrons. The van der Waals surface area contributed by atoms with E-state index in [9.17, 15) is 0 Å². The van der Waals surface area contributed by atoms with Crippen molar-refractivity contribution in [2.45, 2.75) is 4.90 Å². The number of hydrogen-bond acceptors (Lipinski definition) is 2. The maximum Gasteiger partial charge on any atom is 0.0426 e. The molecule has 0 aliphatic carbocycles. The van der Waals surface area contributed by atoms with Crippen LogP contribution in [0.4, 0.5) is 5.69 Å². The second kappa shape index (κ2) is 6.38. The summed E-state index contributed by atoms with van der Waals surface area (Å²) in [6.45, 7) is 0. The molecule has 0 unspecified atom stereocenters. The minimum atomic E-state index is 0.685. The molecule has 2 aromatic carbocycles. The van der Waals surface area contributed by atoms with Crippen molar-refractivity contribution in [1.29, 1.82) is 0 Å². The smallest absolute Gasteiger partial charge is 0.0426 e. The average Bonchev–Trinajstić information content (AvgIpc) is 2.19. The molecular formula is C12H12ClNS. The number of nitrogens with two attached hydrogens (primary N) is 1. The summed E-state index contributed by atoms with van der Waals surface area (Å²) in [5.74, 6) is 0. The van der Waals surface area contributed by atoms with Crippen molar-refractivity contribution in [3.05, 3.63) is 59.6 Å². The Balaban J connectivity index is 0.000000151. The number of nitrogen functional groups attached to an aromatic ring is 1. The van der Waals surface area contributed by atoms with Crippen LogP contribution in [-0.2, 0) is 0 Å². The molecule has 0 saturated carbocycles. The molecule has 0 aliphatic heterocycles. The van der Waals surface area contributed by atoms with Gasteiger partial charge in [0.25, 0.3) is 0 Å². The Bertz CT molecular complexity index is 386. The van der Waals surface area contributed by atoms with Crippen molar-refractivity contribution in [2.75, 3.05) is 5.73 Å². The van der Waals surface area contributed by atoms with Crippen LogP contribution < -0.4 is 5.73 Å². The minimum Gasteiger partial charge on any atom is -0.399 e. The highest BCUT2D eigenvalue weighted by molar-refractivity contribution is 7.80. The number of benzene rings is 2. The molecule has 0 aliphatic rings. The molecule has 0 aromatic heterocycles. The lowest BCUT2D eigenvalue weighted by Gasteiger charge is -1.89. The lowest BCUT2D eigenvalue weighted by atomic mass is 10.3. The lowest BCUT2D eigenvalue weighted by molar-refractivity contribution is 1.48. The minimum absolute atomic E-state index is 0.685. The van der Waals surface area contributed by atoms with Crippen LogP contribution in [0, 0.1) is 0 Å². The van der Waals surface area contributed by atoms with Crippen LogP contribution >= 0.6 is 24.2 Å². The summed E-state index contributed by atoms with van der Waals surface area (Å²) in [4.78, 5) is 1.02. The Morgan fingerprint density at radius 1 is 0.933 bits per heavy atom. The summed E-state index contributed by atoms with van der Waals surface area (Å²) in [5.41, 5.74) is 6.08. The molecule has 0 bridgehead atoms. The molecule has 0 amide bonds. The Morgan fingerprint density at radius 2 is 1.60 bits per heavy atom. The molecule has 78 valence electrons. The zero-order chi connectivity index (χ0) is 11.1. The number of hydrogen-bond donors (Lipinski definition) is 2. The van der Waals surface area contributed by atoms with Crippen LogP contribution in [0.15, 0.2) is 59.5 Å². The van der Waals surface area contributed by atoms with E-state index >= 15 is 0 Å². The fraction of sp³-hybridized carbons (Fsp3) is 0. The number of rotatable bonds is 0. The Kier molecular flexibility index (Phi) is 5.08. The fourth-order valence-electron chi connectivity index (χ4n) is 0.935. The fourth-order valence-corrected chi connectivity index (χ4v) is 1.31. The third-order valence-corrected chi connectivity index (χ3v) is 2.14. The molecule has 2 aromatic rings. The monoisotopic (exact) mass is 237 g/mol. The van der Waals surface area contributed by atoms with Gasteiger partial charge in [0.05, 0.1) is 0 Å². The van der Waals surface area contributed by atoms with Crippen LogP contribution in [0.2, 0.25) is 5.02 Å². The standard InChI is InChI=1S/C6H6ClN.C6H6S/c7-5-2-1-3-6(8)4-5;7-6-4-2-1-3-5-6/h1-4H,8H2;1-5,7H. The summed E-state index contributed by atoms with van der Waals surface area (Å²) in [7, 11) is 0. The van der Waals surface area contributed by atoms with Gasteiger partial charge >= 0.3 is 0 Å². The normalized spacial score (nSPS) is 8.93. The average molecular weight is 238 g/mol. The van der Waals surface area contributed by atoms with Gasteiger partial charge in [-0.05, 0) is 30.3 Å². The first-order valence-corrected chi connectivity index (χ1v) is 5.26. The highest BCUT2D eigenvalue weighted by Gasteiger charge is 1.83. The first-order valence-electron chi connectivity index (χ1n) is 4.43. The van der Waals surface area contributed by atoms with Gasteiger partial charge in [-0.15, -0.1) is 12.6 Å². The van der Waals surface area contributed by atoms with E-state index in [2.05, 4.69) is 12.6 Å². The molecule has 3 heteroatoms. The van der Waals surface area contributed by atoms with Crippen LogP contribution in [0.5, 0.6) is 0 Å². The number of halogens is 1. The van der Waals surface area contributed by atoms with Crippen molar-refractivity contribution in [1.82, 2.24) is 0 Å². The van der Waals surface area contributed by atoms with Gasteiger partial charge in [0.1, 0.15) is 0 Å². The predicted molar refractivity (Wildman–Crippen MR) is 69.6 cm³/mol. The van der Waals surface area contributed by atoms with Gasteiger partial charge in [0.15, 0.2) is 0 Å². The maximum atomic E-state index is 5.56. The Morgan fingerprint density at radius 3 is 1.93 bits per heavy atom. The maximum absolute atomic E-state index is 5.56. The van der Waals surface area contributed by atoms with Crippen molar-refractivity contribution < 1.29 is 0 Å². The van der Waals surface area contributed by atoms with E-state index in [1.807, 2.05) is 36.4 Å². The SMILES string of the molecule is Nc1cccc(Cl)c1.Sc1ccccc1. The van der Waals surface area contributed by atoms with Gasteiger partial charge in [-0.25, -0.2) is 0 Å². The molecule has 0 saturated heterocycles. The summed E-state index contributed by atoms with van der Waals surface area (Å²) >= 11 is 9.65. The van der Waals surface area contributed by atoms with Gasteiger partial charge in [-0.2, -0.15) is 0 Å². The highest BCUT2D eigenvalue weighted by atomic mass is 35.5. The van der Waals surface area contributed by atoms with E-state index in [0.717, 1.165) is 4.90 Å². The van der Waals surface area contributed by atoms with E-state index < -0.39 is 0 Å². The lowest BCUT2D eigenvalue weighted by Crippen LogP contribution is -1.80. The zero-order valence-corrected chi connectivity index (χ0v) is 9.75. The molecule has 0 fully saturated rings. The Labute approximate surface area is 100 Å². The first kappa shape index (κ1) is 12.0. The third kappa shape index (κ3) is 5.35. The summed E-state index contributed by atoms with van der Waals surface area (Å²) in [5, 5.41) is 0.685. The van der Waals surface area contributed by atoms with Gasteiger partial charge in [0, 0.05) is 15.6 Å². The Hall–Kier alpha value is -1.12. The van der Waals surface area contributed by atoms with Crippen LogP contribution in [-0.4, -0.2) is 0 Å². The summed E-state index contributed by atoms with van der Waals surface area (Å²) in [6.07, 6.45) is 0. The van der Waals surface area contributed by atoms with Gasteiger partial charge < -0.3 is 5.73 Å². The molecule has 15 heavy (non-hydrogen) atoms. The largest absolute Gasteiger partial charge is 0.399 e. The quantitative estimate of drug-likeness (QED) is 0.528. The van der Waals surface area contributed by atoms with Gasteiger partial charge in [-0.3, -0.25) is 0 Å². The topological polar surface area (TPSA) is 26.0 Å². The first-order chi connectivity index (χ1) is 7.18. The van der Waals surface area contributed by atoms with E-state index in [-0.39, 0.29) is 0 Å². The van der Waals surface area contributed by atoms with Crippen LogP contribution in [0.3, 0.4) is 0 Å².